The number of rotatable bonds is 8. The van der Waals surface area contributed by atoms with Crippen molar-refractivity contribution >= 4 is 23.8 Å². The van der Waals surface area contributed by atoms with E-state index in [0.29, 0.717) is 5.75 Å². The molecule has 2 aromatic carbocycles. The van der Waals surface area contributed by atoms with Gasteiger partial charge in [-0.05, 0) is 48.9 Å². The zero-order valence-corrected chi connectivity index (χ0v) is 19.2. The van der Waals surface area contributed by atoms with Gasteiger partial charge in [0.2, 0.25) is 0 Å². The lowest BCUT2D eigenvalue weighted by atomic mass is 9.98. The normalized spacial score (nSPS) is 19.8. The van der Waals surface area contributed by atoms with Crippen LogP contribution in [0.15, 0.2) is 48.5 Å². The Morgan fingerprint density at radius 3 is 2.34 bits per heavy atom. The molecule has 2 aliphatic rings. The first-order valence-corrected chi connectivity index (χ1v) is 12.1. The van der Waals surface area contributed by atoms with E-state index in [1.54, 1.807) is 0 Å². The lowest BCUT2D eigenvalue weighted by Crippen LogP contribution is -2.43. The molecule has 0 saturated carbocycles. The molecule has 1 aliphatic carbocycles. The van der Waals surface area contributed by atoms with Gasteiger partial charge in [0.1, 0.15) is 12.6 Å². The van der Waals surface area contributed by atoms with Crippen molar-refractivity contribution < 1.29 is 24.2 Å². The lowest BCUT2D eigenvalue weighted by molar-refractivity contribution is -0.138. The number of carboxylic acid groups (broad SMARTS) is 1. The van der Waals surface area contributed by atoms with Crippen LogP contribution in [0.5, 0.6) is 0 Å². The summed E-state index contributed by atoms with van der Waals surface area (Å²) >= 11 is 1.48. The number of aliphatic carboxylic acids is 1. The van der Waals surface area contributed by atoms with E-state index in [2.05, 4.69) is 31.3 Å². The first kappa shape index (κ1) is 22.7. The Balaban J connectivity index is 1.30. The fraction of sp³-hybridized carbons (Fsp3) is 0.440. The highest BCUT2D eigenvalue weighted by Gasteiger charge is 2.32. The lowest BCUT2D eigenvalue weighted by Gasteiger charge is -2.20. The molecule has 1 aliphatic heterocycles. The number of ether oxygens (including phenoxy) is 2. The first-order chi connectivity index (χ1) is 15.3. The van der Waals surface area contributed by atoms with Crippen molar-refractivity contribution in [1.29, 1.82) is 0 Å². The summed E-state index contributed by atoms with van der Waals surface area (Å²) in [5.74, 6) is -0.160. The zero-order valence-electron chi connectivity index (χ0n) is 18.4. The topological polar surface area (TPSA) is 84.9 Å². The molecule has 4 rings (SSSR count). The van der Waals surface area contributed by atoms with E-state index < -0.39 is 18.1 Å². The van der Waals surface area contributed by atoms with Crippen molar-refractivity contribution in [2.24, 2.45) is 0 Å². The molecule has 0 bridgehead atoms. The molecular formula is C25H29NO5S. The van der Waals surface area contributed by atoms with E-state index >= 15 is 0 Å². The molecule has 1 heterocycles. The van der Waals surface area contributed by atoms with E-state index in [1.165, 1.54) is 11.8 Å². The summed E-state index contributed by atoms with van der Waals surface area (Å²) in [5, 5.41) is 12.0. The molecule has 2 unspecified atom stereocenters. The van der Waals surface area contributed by atoms with Gasteiger partial charge in [-0.2, -0.15) is 11.8 Å². The molecule has 2 aromatic rings. The van der Waals surface area contributed by atoms with Gasteiger partial charge in [-0.25, -0.2) is 9.59 Å². The molecule has 0 spiro atoms. The van der Waals surface area contributed by atoms with Crippen LogP contribution in [-0.2, 0) is 14.3 Å². The summed E-state index contributed by atoms with van der Waals surface area (Å²) in [6.07, 6.45) is 1.38. The van der Waals surface area contributed by atoms with Crippen LogP contribution in [0.4, 0.5) is 4.79 Å². The smallest absolute Gasteiger partial charge is 0.407 e. The number of nitrogens with one attached hydrogen (secondary N) is 1. The maximum absolute atomic E-state index is 12.4. The second-order valence-electron chi connectivity index (χ2n) is 8.94. The summed E-state index contributed by atoms with van der Waals surface area (Å²) < 4.78 is 11.4. The number of alkyl carbamates (subject to hydrolysis) is 1. The van der Waals surface area contributed by atoms with E-state index in [4.69, 9.17) is 9.47 Å². The van der Waals surface area contributed by atoms with Crippen molar-refractivity contribution in [3.8, 4) is 11.1 Å². The van der Waals surface area contributed by atoms with Gasteiger partial charge < -0.3 is 19.9 Å². The molecule has 170 valence electrons. The monoisotopic (exact) mass is 455 g/mol. The van der Waals surface area contributed by atoms with E-state index in [0.717, 1.165) is 35.1 Å². The second kappa shape index (κ2) is 9.55. The van der Waals surface area contributed by atoms with Crippen LogP contribution in [-0.4, -0.2) is 53.0 Å². The molecular weight excluding hydrogens is 426 g/mol. The van der Waals surface area contributed by atoms with Crippen LogP contribution in [0.25, 0.3) is 11.1 Å². The SMILES string of the molecule is CC1(C)CCC(CSCC(NC(=O)OCC2c3ccccc3-c3ccccc32)C(=O)O)O1. The Morgan fingerprint density at radius 2 is 1.78 bits per heavy atom. The number of fused-ring (bicyclic) bond motifs is 3. The van der Waals surface area contributed by atoms with Crippen molar-refractivity contribution in [1.82, 2.24) is 5.32 Å². The second-order valence-corrected chi connectivity index (χ2v) is 10.0. The maximum Gasteiger partial charge on any atom is 0.407 e. The minimum absolute atomic E-state index is 0.0614. The fourth-order valence-electron chi connectivity index (χ4n) is 4.47. The van der Waals surface area contributed by atoms with Gasteiger partial charge in [-0.3, -0.25) is 0 Å². The largest absolute Gasteiger partial charge is 0.480 e. The third-order valence-electron chi connectivity index (χ3n) is 6.08. The van der Waals surface area contributed by atoms with Crippen molar-refractivity contribution in [3.63, 3.8) is 0 Å². The molecule has 1 amide bonds. The molecule has 0 aromatic heterocycles. The number of thioether (sulfide) groups is 1. The summed E-state index contributed by atoms with van der Waals surface area (Å²) in [4.78, 5) is 24.1. The minimum atomic E-state index is -1.07. The van der Waals surface area contributed by atoms with Crippen LogP contribution in [0.1, 0.15) is 43.7 Å². The van der Waals surface area contributed by atoms with Crippen LogP contribution in [0.3, 0.4) is 0 Å². The highest BCUT2D eigenvalue weighted by atomic mass is 32.2. The Morgan fingerprint density at radius 1 is 1.16 bits per heavy atom. The Hall–Kier alpha value is -2.51. The van der Waals surface area contributed by atoms with Crippen LogP contribution in [0, 0.1) is 0 Å². The van der Waals surface area contributed by atoms with E-state index in [1.807, 2.05) is 36.4 Å². The molecule has 2 atom stereocenters. The average Bonchev–Trinajstić information content (AvgIpc) is 3.28. The predicted octanol–water partition coefficient (Wildman–Crippen LogP) is 4.67. The number of carboxylic acids is 1. The number of amides is 1. The van der Waals surface area contributed by atoms with Gasteiger partial charge >= 0.3 is 12.1 Å². The number of carbonyl (C=O) groups is 2. The van der Waals surface area contributed by atoms with E-state index in [-0.39, 0.29) is 30.0 Å². The molecule has 32 heavy (non-hydrogen) atoms. The number of hydrogen-bond acceptors (Lipinski definition) is 5. The zero-order chi connectivity index (χ0) is 22.7. The third-order valence-corrected chi connectivity index (χ3v) is 7.25. The number of hydrogen-bond donors (Lipinski definition) is 2. The van der Waals surface area contributed by atoms with Gasteiger partial charge in [0.15, 0.2) is 0 Å². The summed E-state index contributed by atoms with van der Waals surface area (Å²) in [7, 11) is 0. The van der Waals surface area contributed by atoms with Gasteiger partial charge in [0.05, 0.1) is 11.7 Å². The third kappa shape index (κ3) is 5.10. The number of carbonyl (C=O) groups excluding carboxylic acids is 1. The quantitative estimate of drug-likeness (QED) is 0.602. The van der Waals surface area contributed by atoms with Gasteiger partial charge in [-0.1, -0.05) is 48.5 Å². The van der Waals surface area contributed by atoms with Crippen molar-refractivity contribution in [2.45, 2.75) is 50.4 Å². The summed E-state index contributed by atoms with van der Waals surface area (Å²) in [6, 6.07) is 15.2. The molecule has 1 fully saturated rings. The standard InChI is InChI=1S/C25H29NO5S/c1-25(2)12-11-16(31-25)14-32-15-22(23(27)28)26-24(29)30-13-21-19-9-5-3-7-17(19)18-8-4-6-10-20(18)21/h3-10,16,21-22H,11-15H2,1-2H3,(H,26,29)(H,27,28). The molecule has 7 heteroatoms. The van der Waals surface area contributed by atoms with Gasteiger partial charge in [0, 0.05) is 17.4 Å². The summed E-state index contributed by atoms with van der Waals surface area (Å²) in [5.41, 5.74) is 4.41. The molecule has 2 N–H and O–H groups in total. The van der Waals surface area contributed by atoms with Crippen LogP contribution in [0.2, 0.25) is 0 Å². The molecule has 0 radical (unpaired) electrons. The Labute approximate surface area is 192 Å². The highest BCUT2D eigenvalue weighted by Crippen LogP contribution is 2.44. The highest BCUT2D eigenvalue weighted by molar-refractivity contribution is 7.99. The predicted molar refractivity (Wildman–Crippen MR) is 125 cm³/mol. The Bertz CT molecular complexity index is 946. The van der Waals surface area contributed by atoms with Gasteiger partial charge in [0.25, 0.3) is 0 Å². The van der Waals surface area contributed by atoms with Crippen LogP contribution >= 0.6 is 11.8 Å². The van der Waals surface area contributed by atoms with E-state index in [9.17, 15) is 14.7 Å². The minimum Gasteiger partial charge on any atom is -0.480 e. The summed E-state index contributed by atoms with van der Waals surface area (Å²) in [6.45, 7) is 4.29. The van der Waals surface area contributed by atoms with Crippen molar-refractivity contribution in [2.75, 3.05) is 18.1 Å². The molecule has 1 saturated heterocycles. The average molecular weight is 456 g/mol. The first-order valence-electron chi connectivity index (χ1n) is 10.9. The fourth-order valence-corrected chi connectivity index (χ4v) is 5.56. The molecule has 6 nitrogen and oxygen atoms in total. The van der Waals surface area contributed by atoms with Crippen LogP contribution < -0.4 is 5.32 Å². The van der Waals surface area contributed by atoms with Gasteiger partial charge in [-0.15, -0.1) is 0 Å². The number of benzene rings is 2. The maximum atomic E-state index is 12.4. The Kier molecular flexibility index (Phi) is 6.76. The van der Waals surface area contributed by atoms with Crippen molar-refractivity contribution in [3.05, 3.63) is 59.7 Å².